The topological polar surface area (TPSA) is 78.1 Å². The summed E-state index contributed by atoms with van der Waals surface area (Å²) in [7, 11) is 0. The fourth-order valence-corrected chi connectivity index (χ4v) is 3.69. The van der Waals surface area contributed by atoms with Crippen LogP contribution < -0.4 is 5.32 Å². The Kier molecular flexibility index (Phi) is 5.10. The van der Waals surface area contributed by atoms with Gasteiger partial charge in [0.2, 0.25) is 11.8 Å². The van der Waals surface area contributed by atoms with E-state index in [1.54, 1.807) is 4.90 Å². The van der Waals surface area contributed by atoms with Gasteiger partial charge in [-0.1, -0.05) is 19.1 Å². The molecule has 1 unspecified atom stereocenters. The Morgan fingerprint density at radius 2 is 1.96 bits per heavy atom. The zero-order chi connectivity index (χ0) is 19.5. The zero-order valence-corrected chi connectivity index (χ0v) is 15.9. The van der Waals surface area contributed by atoms with Gasteiger partial charge in [0, 0.05) is 30.8 Å². The summed E-state index contributed by atoms with van der Waals surface area (Å²) in [6.45, 7) is 3.12. The van der Waals surface area contributed by atoms with Gasteiger partial charge in [0.05, 0.1) is 17.0 Å². The third kappa shape index (κ3) is 3.76. The second kappa shape index (κ2) is 7.84. The molecular formula is C22H24N4O2. The Bertz CT molecular complexity index is 960. The van der Waals surface area contributed by atoms with Crippen LogP contribution in [0, 0.1) is 5.92 Å². The number of nitrogens with zero attached hydrogens (tertiary/aromatic N) is 2. The van der Waals surface area contributed by atoms with Crippen LogP contribution in [0.2, 0.25) is 0 Å². The zero-order valence-electron chi connectivity index (χ0n) is 15.9. The summed E-state index contributed by atoms with van der Waals surface area (Å²) in [6.07, 6.45) is 2.17. The molecule has 2 amide bonds. The van der Waals surface area contributed by atoms with Crippen molar-refractivity contribution in [1.82, 2.24) is 14.9 Å². The number of aromatic nitrogens is 2. The molecule has 3 aromatic rings. The van der Waals surface area contributed by atoms with E-state index >= 15 is 0 Å². The van der Waals surface area contributed by atoms with Gasteiger partial charge in [-0.15, -0.1) is 0 Å². The number of nitrogens with one attached hydrogen (secondary N) is 2. The molecule has 1 aromatic heterocycles. The Morgan fingerprint density at radius 1 is 1.18 bits per heavy atom. The van der Waals surface area contributed by atoms with Crippen molar-refractivity contribution in [1.29, 1.82) is 0 Å². The number of likely N-dealkylation sites (tertiary alicyclic amines) is 1. The molecule has 1 saturated heterocycles. The molecule has 0 aliphatic carbocycles. The predicted molar refractivity (Wildman–Crippen MR) is 110 cm³/mol. The number of carbonyl (C=O) groups excluding carboxylic acids is 2. The average molecular weight is 376 g/mol. The Labute approximate surface area is 164 Å². The number of anilines is 1. The van der Waals surface area contributed by atoms with Crippen LogP contribution in [0.1, 0.15) is 26.2 Å². The number of piperidine rings is 1. The lowest BCUT2D eigenvalue weighted by atomic mass is 9.96. The van der Waals surface area contributed by atoms with Crippen molar-refractivity contribution < 1.29 is 9.59 Å². The molecule has 2 heterocycles. The van der Waals surface area contributed by atoms with E-state index in [0.717, 1.165) is 47.5 Å². The number of amides is 2. The van der Waals surface area contributed by atoms with Gasteiger partial charge in [-0.3, -0.25) is 9.59 Å². The molecule has 1 aliphatic heterocycles. The normalized spacial score (nSPS) is 16.9. The highest BCUT2D eigenvalue weighted by Gasteiger charge is 2.27. The summed E-state index contributed by atoms with van der Waals surface area (Å²) in [5.74, 6) is 0.747. The van der Waals surface area contributed by atoms with E-state index in [4.69, 9.17) is 0 Å². The minimum Gasteiger partial charge on any atom is -0.342 e. The van der Waals surface area contributed by atoms with E-state index in [2.05, 4.69) is 15.3 Å². The lowest BCUT2D eigenvalue weighted by Crippen LogP contribution is -2.43. The van der Waals surface area contributed by atoms with E-state index in [1.165, 1.54) is 0 Å². The molecule has 0 saturated carbocycles. The summed E-state index contributed by atoms with van der Waals surface area (Å²) in [6, 6.07) is 15.6. The fraction of sp³-hybridized carbons (Fsp3) is 0.318. The molecule has 144 valence electrons. The van der Waals surface area contributed by atoms with Gasteiger partial charge < -0.3 is 15.2 Å². The van der Waals surface area contributed by atoms with Crippen LogP contribution in [-0.2, 0) is 9.59 Å². The third-order valence-electron chi connectivity index (χ3n) is 5.26. The van der Waals surface area contributed by atoms with Gasteiger partial charge in [0.15, 0.2) is 0 Å². The second-order valence-electron chi connectivity index (χ2n) is 7.20. The lowest BCUT2D eigenvalue weighted by Gasteiger charge is -2.31. The van der Waals surface area contributed by atoms with Crippen molar-refractivity contribution >= 4 is 28.5 Å². The van der Waals surface area contributed by atoms with E-state index in [1.807, 2.05) is 55.5 Å². The molecule has 6 heteroatoms. The first-order valence-electron chi connectivity index (χ1n) is 9.78. The number of fused-ring (bicyclic) bond motifs is 1. The molecule has 1 atom stereocenters. The fourth-order valence-electron chi connectivity index (χ4n) is 3.69. The maximum Gasteiger partial charge on any atom is 0.229 e. The maximum absolute atomic E-state index is 12.6. The Hall–Kier alpha value is -3.15. The molecule has 1 fully saturated rings. The number of hydrogen-bond acceptors (Lipinski definition) is 3. The quantitative estimate of drug-likeness (QED) is 0.727. The first-order chi connectivity index (χ1) is 13.6. The Morgan fingerprint density at radius 3 is 2.71 bits per heavy atom. The van der Waals surface area contributed by atoms with Crippen LogP contribution in [0.25, 0.3) is 22.4 Å². The molecule has 1 aliphatic rings. The van der Waals surface area contributed by atoms with Crippen molar-refractivity contribution in [2.24, 2.45) is 5.92 Å². The Balaban J connectivity index is 1.42. The van der Waals surface area contributed by atoms with Crippen molar-refractivity contribution in [3.05, 3.63) is 48.5 Å². The van der Waals surface area contributed by atoms with Crippen LogP contribution >= 0.6 is 0 Å². The molecule has 28 heavy (non-hydrogen) atoms. The summed E-state index contributed by atoms with van der Waals surface area (Å²) in [4.78, 5) is 34.3. The van der Waals surface area contributed by atoms with E-state index < -0.39 is 0 Å². The highest BCUT2D eigenvalue weighted by atomic mass is 16.2. The first kappa shape index (κ1) is 18.2. The van der Waals surface area contributed by atoms with Crippen LogP contribution in [0.15, 0.2) is 48.5 Å². The average Bonchev–Trinajstić information content (AvgIpc) is 3.18. The number of aromatic amines is 1. The van der Waals surface area contributed by atoms with E-state index in [-0.39, 0.29) is 17.7 Å². The number of imidazole rings is 1. The minimum atomic E-state index is -0.153. The number of carbonyl (C=O) groups is 2. The molecule has 2 N–H and O–H groups in total. The van der Waals surface area contributed by atoms with Gasteiger partial charge in [-0.05, 0) is 49.2 Å². The van der Waals surface area contributed by atoms with Crippen molar-refractivity contribution in [3.8, 4) is 11.4 Å². The highest BCUT2D eigenvalue weighted by Crippen LogP contribution is 2.23. The SMILES string of the molecule is CCC(=O)N1CCCC(C(=O)Nc2ccc(-c3nc4ccccc4[nH]3)cc2)C1. The van der Waals surface area contributed by atoms with E-state index in [9.17, 15) is 9.59 Å². The molecule has 2 aromatic carbocycles. The van der Waals surface area contributed by atoms with Crippen LogP contribution in [0.4, 0.5) is 5.69 Å². The number of H-pyrrole nitrogens is 1. The van der Waals surface area contributed by atoms with E-state index in [0.29, 0.717) is 13.0 Å². The van der Waals surface area contributed by atoms with Gasteiger partial charge in [-0.25, -0.2) is 4.98 Å². The molecular weight excluding hydrogens is 352 g/mol. The third-order valence-corrected chi connectivity index (χ3v) is 5.26. The van der Waals surface area contributed by atoms with Gasteiger partial charge >= 0.3 is 0 Å². The van der Waals surface area contributed by atoms with Gasteiger partial charge in [0.25, 0.3) is 0 Å². The van der Waals surface area contributed by atoms with Gasteiger partial charge in [0.1, 0.15) is 5.82 Å². The minimum absolute atomic E-state index is 0.0231. The highest BCUT2D eigenvalue weighted by molar-refractivity contribution is 5.93. The molecule has 4 rings (SSSR count). The predicted octanol–water partition coefficient (Wildman–Crippen LogP) is 3.82. The second-order valence-corrected chi connectivity index (χ2v) is 7.20. The maximum atomic E-state index is 12.6. The van der Waals surface area contributed by atoms with Gasteiger partial charge in [-0.2, -0.15) is 0 Å². The summed E-state index contributed by atoms with van der Waals surface area (Å²) in [5, 5.41) is 2.99. The van der Waals surface area contributed by atoms with Crippen molar-refractivity contribution in [2.45, 2.75) is 26.2 Å². The largest absolute Gasteiger partial charge is 0.342 e. The summed E-state index contributed by atoms with van der Waals surface area (Å²) in [5.41, 5.74) is 3.65. The molecule has 0 spiro atoms. The van der Waals surface area contributed by atoms with Crippen LogP contribution in [0.3, 0.4) is 0 Å². The summed E-state index contributed by atoms with van der Waals surface area (Å²) < 4.78 is 0. The number of hydrogen-bond donors (Lipinski definition) is 2. The molecule has 0 radical (unpaired) electrons. The monoisotopic (exact) mass is 376 g/mol. The number of benzene rings is 2. The lowest BCUT2D eigenvalue weighted by molar-refractivity contribution is -0.134. The van der Waals surface area contributed by atoms with Crippen molar-refractivity contribution in [3.63, 3.8) is 0 Å². The number of para-hydroxylation sites is 2. The van der Waals surface area contributed by atoms with Crippen LogP contribution in [0.5, 0.6) is 0 Å². The van der Waals surface area contributed by atoms with Crippen LogP contribution in [-0.4, -0.2) is 39.8 Å². The van der Waals surface area contributed by atoms with Crippen molar-refractivity contribution in [2.75, 3.05) is 18.4 Å². The number of rotatable bonds is 4. The molecule has 0 bridgehead atoms. The molecule has 6 nitrogen and oxygen atoms in total. The first-order valence-corrected chi connectivity index (χ1v) is 9.78. The smallest absolute Gasteiger partial charge is 0.229 e. The summed E-state index contributed by atoms with van der Waals surface area (Å²) >= 11 is 0. The standard InChI is InChI=1S/C22H24N4O2/c1-2-20(27)26-13-5-6-16(14-26)22(28)23-17-11-9-15(10-12-17)21-24-18-7-3-4-8-19(18)25-21/h3-4,7-12,16H,2,5-6,13-14H2,1H3,(H,23,28)(H,24,25).